The van der Waals surface area contributed by atoms with E-state index in [-0.39, 0.29) is 12.1 Å². The van der Waals surface area contributed by atoms with Crippen molar-refractivity contribution in [2.75, 3.05) is 6.54 Å². The summed E-state index contributed by atoms with van der Waals surface area (Å²) in [5.74, 6) is -0.146. The lowest BCUT2D eigenvalue weighted by molar-refractivity contribution is 0.0927. The molecular weight excluding hydrogens is 180 g/mol. The van der Waals surface area contributed by atoms with Gasteiger partial charge in [0.1, 0.15) is 5.69 Å². The van der Waals surface area contributed by atoms with Crippen molar-refractivity contribution in [1.82, 2.24) is 21.2 Å². The molecule has 0 aromatic carbocycles. The first kappa shape index (κ1) is 9.11. The van der Waals surface area contributed by atoms with Crippen molar-refractivity contribution >= 4 is 5.91 Å². The number of hydrogen-bond acceptors (Lipinski definition) is 4. The minimum Gasteiger partial charge on any atom is -0.334 e. The molecule has 2 rings (SSSR count). The van der Waals surface area contributed by atoms with E-state index in [2.05, 4.69) is 21.2 Å². The minimum absolute atomic E-state index is 0.00417. The molecule has 1 fully saturated rings. The Morgan fingerprint density at radius 2 is 2.50 bits per heavy atom. The van der Waals surface area contributed by atoms with Crippen LogP contribution < -0.4 is 16.2 Å². The van der Waals surface area contributed by atoms with Gasteiger partial charge >= 0.3 is 0 Å². The summed E-state index contributed by atoms with van der Waals surface area (Å²) in [6, 6.07) is 5.27. The lowest BCUT2D eigenvalue weighted by atomic mass is 10.3. The van der Waals surface area contributed by atoms with Gasteiger partial charge in [-0.15, -0.1) is 0 Å². The summed E-state index contributed by atoms with van der Waals surface area (Å²) in [4.78, 5) is 15.5. The van der Waals surface area contributed by atoms with Gasteiger partial charge in [0.05, 0.1) is 6.17 Å². The maximum absolute atomic E-state index is 11.6. The number of rotatable bonds is 2. The molecule has 1 aromatic rings. The van der Waals surface area contributed by atoms with E-state index in [1.807, 2.05) is 0 Å². The Kier molecular flexibility index (Phi) is 2.71. The number of amides is 1. The van der Waals surface area contributed by atoms with Gasteiger partial charge in [-0.05, 0) is 18.6 Å². The van der Waals surface area contributed by atoms with Crippen LogP contribution in [0.25, 0.3) is 0 Å². The van der Waals surface area contributed by atoms with Crippen molar-refractivity contribution in [2.24, 2.45) is 0 Å². The van der Waals surface area contributed by atoms with Crippen molar-refractivity contribution in [1.29, 1.82) is 0 Å². The highest BCUT2D eigenvalue weighted by atomic mass is 16.2. The summed E-state index contributed by atoms with van der Waals surface area (Å²) in [7, 11) is 0. The molecular formula is C9H12N4O. The summed E-state index contributed by atoms with van der Waals surface area (Å²) in [5, 5.41) is 2.82. The van der Waals surface area contributed by atoms with E-state index in [0.29, 0.717) is 5.69 Å². The van der Waals surface area contributed by atoms with Crippen molar-refractivity contribution in [2.45, 2.75) is 12.6 Å². The fourth-order valence-corrected chi connectivity index (χ4v) is 1.32. The second-order valence-corrected chi connectivity index (χ2v) is 3.10. The first-order valence-corrected chi connectivity index (χ1v) is 4.56. The van der Waals surface area contributed by atoms with Crippen LogP contribution in [0.3, 0.4) is 0 Å². The molecule has 0 spiro atoms. The van der Waals surface area contributed by atoms with Gasteiger partial charge in [-0.2, -0.15) is 0 Å². The van der Waals surface area contributed by atoms with Crippen molar-refractivity contribution in [3.05, 3.63) is 30.1 Å². The fourth-order valence-electron chi connectivity index (χ4n) is 1.32. The predicted molar refractivity (Wildman–Crippen MR) is 51.2 cm³/mol. The maximum atomic E-state index is 11.6. The molecule has 0 bridgehead atoms. The van der Waals surface area contributed by atoms with E-state index < -0.39 is 0 Å². The SMILES string of the molecule is O=C(NC1CCNN1)c1ccccn1. The molecule has 2 heterocycles. The van der Waals surface area contributed by atoms with Gasteiger partial charge in [0.2, 0.25) is 0 Å². The predicted octanol–water partition coefficient (Wildman–Crippen LogP) is -0.365. The third-order valence-corrected chi connectivity index (χ3v) is 2.04. The number of pyridine rings is 1. The second kappa shape index (κ2) is 4.17. The van der Waals surface area contributed by atoms with E-state index in [4.69, 9.17) is 0 Å². The topological polar surface area (TPSA) is 66.1 Å². The van der Waals surface area contributed by atoms with Crippen LogP contribution in [-0.4, -0.2) is 23.6 Å². The monoisotopic (exact) mass is 192 g/mol. The quantitative estimate of drug-likeness (QED) is 0.598. The molecule has 1 amide bonds. The van der Waals surface area contributed by atoms with Gasteiger partial charge in [-0.3, -0.25) is 15.2 Å². The molecule has 0 radical (unpaired) electrons. The summed E-state index contributed by atoms with van der Waals surface area (Å²) in [5.41, 5.74) is 6.34. The molecule has 0 saturated carbocycles. The summed E-state index contributed by atoms with van der Waals surface area (Å²) in [6.45, 7) is 0.868. The average molecular weight is 192 g/mol. The van der Waals surface area contributed by atoms with Gasteiger partial charge in [0.25, 0.3) is 5.91 Å². The molecule has 1 saturated heterocycles. The highest BCUT2D eigenvalue weighted by Gasteiger charge is 2.16. The van der Waals surface area contributed by atoms with E-state index in [1.54, 1.807) is 24.4 Å². The minimum atomic E-state index is -0.146. The highest BCUT2D eigenvalue weighted by Crippen LogP contribution is 1.96. The van der Waals surface area contributed by atoms with Crippen molar-refractivity contribution < 1.29 is 4.79 Å². The third kappa shape index (κ3) is 2.07. The van der Waals surface area contributed by atoms with E-state index >= 15 is 0 Å². The lowest BCUT2D eigenvalue weighted by Crippen LogP contribution is -2.44. The first-order chi connectivity index (χ1) is 6.86. The third-order valence-electron chi connectivity index (χ3n) is 2.04. The zero-order valence-corrected chi connectivity index (χ0v) is 7.66. The zero-order chi connectivity index (χ0) is 9.80. The number of hydrogen-bond donors (Lipinski definition) is 3. The van der Waals surface area contributed by atoms with Crippen LogP contribution in [0.5, 0.6) is 0 Å². The van der Waals surface area contributed by atoms with Crippen LogP contribution >= 0.6 is 0 Å². The Balaban J connectivity index is 1.95. The van der Waals surface area contributed by atoms with E-state index in [0.717, 1.165) is 13.0 Å². The molecule has 1 aliphatic heterocycles. The summed E-state index contributed by atoms with van der Waals surface area (Å²) in [6.07, 6.45) is 2.50. The number of hydrazine groups is 1. The molecule has 1 aliphatic rings. The number of carbonyl (C=O) groups excluding carboxylic acids is 1. The zero-order valence-electron chi connectivity index (χ0n) is 7.66. The van der Waals surface area contributed by atoms with Gasteiger partial charge in [-0.1, -0.05) is 6.07 Å². The Bertz CT molecular complexity index is 308. The van der Waals surface area contributed by atoms with Crippen molar-refractivity contribution in [3.8, 4) is 0 Å². The number of aromatic nitrogens is 1. The number of nitrogens with one attached hydrogen (secondary N) is 3. The van der Waals surface area contributed by atoms with Gasteiger partial charge in [-0.25, -0.2) is 5.43 Å². The molecule has 1 unspecified atom stereocenters. The van der Waals surface area contributed by atoms with Crippen LogP contribution in [0.2, 0.25) is 0 Å². The Morgan fingerprint density at radius 3 is 3.14 bits per heavy atom. The second-order valence-electron chi connectivity index (χ2n) is 3.10. The van der Waals surface area contributed by atoms with E-state index in [1.165, 1.54) is 0 Å². The van der Waals surface area contributed by atoms with Gasteiger partial charge < -0.3 is 5.32 Å². The van der Waals surface area contributed by atoms with E-state index in [9.17, 15) is 4.79 Å². The number of carbonyl (C=O) groups is 1. The Morgan fingerprint density at radius 1 is 1.57 bits per heavy atom. The fraction of sp³-hybridized carbons (Fsp3) is 0.333. The smallest absolute Gasteiger partial charge is 0.271 e. The van der Waals surface area contributed by atoms with Gasteiger partial charge in [0, 0.05) is 12.7 Å². The van der Waals surface area contributed by atoms with Crippen LogP contribution in [0, 0.1) is 0 Å². The summed E-state index contributed by atoms with van der Waals surface area (Å²) < 4.78 is 0. The van der Waals surface area contributed by atoms with Crippen LogP contribution in [0.1, 0.15) is 16.9 Å². The molecule has 3 N–H and O–H groups in total. The van der Waals surface area contributed by atoms with Crippen LogP contribution in [-0.2, 0) is 0 Å². The summed E-state index contributed by atoms with van der Waals surface area (Å²) >= 11 is 0. The highest BCUT2D eigenvalue weighted by molar-refractivity contribution is 5.92. The average Bonchev–Trinajstić information content (AvgIpc) is 2.72. The molecule has 1 atom stereocenters. The van der Waals surface area contributed by atoms with Gasteiger partial charge in [0.15, 0.2) is 0 Å². The van der Waals surface area contributed by atoms with Crippen LogP contribution in [0.15, 0.2) is 24.4 Å². The molecule has 1 aromatic heterocycles. The molecule has 14 heavy (non-hydrogen) atoms. The Hall–Kier alpha value is -1.46. The molecule has 0 aliphatic carbocycles. The molecule has 74 valence electrons. The maximum Gasteiger partial charge on any atom is 0.271 e. The van der Waals surface area contributed by atoms with Crippen molar-refractivity contribution in [3.63, 3.8) is 0 Å². The largest absolute Gasteiger partial charge is 0.334 e. The lowest BCUT2D eigenvalue weighted by Gasteiger charge is -2.10. The normalized spacial score (nSPS) is 20.7. The Labute approximate surface area is 81.9 Å². The number of nitrogens with zero attached hydrogens (tertiary/aromatic N) is 1. The molecule has 5 heteroatoms. The molecule has 5 nitrogen and oxygen atoms in total. The standard InChI is InChI=1S/C9H12N4O/c14-9(7-3-1-2-5-10-7)12-8-4-6-11-13-8/h1-3,5,8,11,13H,4,6H2,(H,12,14). The first-order valence-electron chi connectivity index (χ1n) is 4.56. The van der Waals surface area contributed by atoms with Crippen LogP contribution in [0.4, 0.5) is 0 Å².